The third-order valence-electron chi connectivity index (χ3n) is 1.75. The molecule has 0 unspecified atom stereocenters. The molecule has 0 aliphatic heterocycles. The van der Waals surface area contributed by atoms with E-state index in [2.05, 4.69) is 0 Å². The molecule has 3 N–H and O–H groups in total. The highest BCUT2D eigenvalue weighted by atomic mass is 16.6. The van der Waals surface area contributed by atoms with Gasteiger partial charge in [0.05, 0.1) is 10.5 Å². The molecule has 0 aliphatic carbocycles. The van der Waals surface area contributed by atoms with Gasteiger partial charge in [-0.2, -0.15) is 0 Å². The van der Waals surface area contributed by atoms with E-state index in [4.69, 9.17) is 5.84 Å². The zero-order valence-electron chi connectivity index (χ0n) is 7.47. The first-order chi connectivity index (χ1) is 7.10. The number of carbonyl (C=O) groups excluding carboxylic acids is 2. The second kappa shape index (κ2) is 4.29. The molecule has 7 heteroatoms. The number of nitrogen functional groups attached to an aromatic ring is 1. The Labute approximate surface area is 84.0 Å². The molecule has 0 spiro atoms. The number of rotatable bonds is 3. The number of carbonyl (C=O) groups is 2. The minimum atomic E-state index is -0.749. The zero-order chi connectivity index (χ0) is 11.4. The minimum Gasteiger partial charge on any atom is -0.298 e. The number of hydrogen-bond donors (Lipinski definition) is 2. The van der Waals surface area contributed by atoms with Crippen LogP contribution < -0.4 is 11.3 Å². The maximum Gasteiger partial charge on any atom is 0.270 e. The Morgan fingerprint density at radius 2 is 2.20 bits per heavy atom. The van der Waals surface area contributed by atoms with Crippen LogP contribution in [0.4, 0.5) is 5.69 Å². The summed E-state index contributed by atoms with van der Waals surface area (Å²) < 4.78 is 0. The number of benzene rings is 1. The van der Waals surface area contributed by atoms with E-state index in [0.717, 1.165) is 12.1 Å². The van der Waals surface area contributed by atoms with Crippen LogP contribution in [0.2, 0.25) is 0 Å². The van der Waals surface area contributed by atoms with Crippen LogP contribution in [0.1, 0.15) is 20.7 Å². The van der Waals surface area contributed by atoms with Gasteiger partial charge in [-0.15, -0.1) is 0 Å². The van der Waals surface area contributed by atoms with E-state index in [1.807, 2.05) is 0 Å². The second-order valence-electron chi connectivity index (χ2n) is 2.62. The van der Waals surface area contributed by atoms with Gasteiger partial charge in [0.1, 0.15) is 0 Å². The molecule has 0 saturated carbocycles. The predicted molar refractivity (Wildman–Crippen MR) is 50.1 cm³/mol. The highest BCUT2D eigenvalue weighted by Crippen LogP contribution is 2.16. The Hall–Kier alpha value is -2.28. The lowest BCUT2D eigenvalue weighted by Gasteiger charge is -2.02. The van der Waals surface area contributed by atoms with Crippen LogP contribution in [0.5, 0.6) is 0 Å². The highest BCUT2D eigenvalue weighted by Gasteiger charge is 2.15. The minimum absolute atomic E-state index is 0.0450. The van der Waals surface area contributed by atoms with E-state index >= 15 is 0 Å². The molecule has 0 aliphatic rings. The summed E-state index contributed by atoms with van der Waals surface area (Å²) in [6.07, 6.45) is 0.425. The summed E-state index contributed by atoms with van der Waals surface area (Å²) in [5.74, 6) is 4.12. The zero-order valence-corrected chi connectivity index (χ0v) is 7.47. The first kappa shape index (κ1) is 10.8. The normalized spacial score (nSPS) is 9.40. The molecule has 0 bridgehead atoms. The number of nitro groups is 1. The average Bonchev–Trinajstić information content (AvgIpc) is 2.27. The van der Waals surface area contributed by atoms with Gasteiger partial charge in [0, 0.05) is 17.7 Å². The van der Waals surface area contributed by atoms with E-state index in [-0.39, 0.29) is 16.8 Å². The molecule has 0 heterocycles. The van der Waals surface area contributed by atoms with E-state index in [0.29, 0.717) is 6.29 Å². The summed E-state index contributed by atoms with van der Waals surface area (Å²) in [4.78, 5) is 31.4. The van der Waals surface area contributed by atoms with Gasteiger partial charge in [0.25, 0.3) is 11.6 Å². The molecular weight excluding hydrogens is 202 g/mol. The van der Waals surface area contributed by atoms with Crippen LogP contribution in [0.15, 0.2) is 18.2 Å². The second-order valence-corrected chi connectivity index (χ2v) is 2.62. The number of non-ortho nitro benzene ring substituents is 1. The topological polar surface area (TPSA) is 115 Å². The van der Waals surface area contributed by atoms with Crippen LogP contribution in [0.3, 0.4) is 0 Å². The molecule has 15 heavy (non-hydrogen) atoms. The SMILES string of the molecule is NNC(=O)c1cc([N+](=O)[O-])ccc1C=O. The average molecular weight is 209 g/mol. The van der Waals surface area contributed by atoms with Gasteiger partial charge in [-0.05, 0) is 6.07 Å². The van der Waals surface area contributed by atoms with Gasteiger partial charge >= 0.3 is 0 Å². The molecule has 7 nitrogen and oxygen atoms in total. The molecule has 1 amide bonds. The van der Waals surface area contributed by atoms with Crippen LogP contribution in [-0.4, -0.2) is 17.1 Å². The first-order valence-electron chi connectivity index (χ1n) is 3.84. The number of nitrogens with one attached hydrogen (secondary N) is 1. The number of hydrazine groups is 1. The van der Waals surface area contributed by atoms with Crippen LogP contribution >= 0.6 is 0 Å². The number of hydrogen-bond acceptors (Lipinski definition) is 5. The summed E-state index contributed by atoms with van der Waals surface area (Å²) >= 11 is 0. The molecule has 0 aromatic heterocycles. The van der Waals surface area contributed by atoms with Gasteiger partial charge in [-0.3, -0.25) is 25.1 Å². The predicted octanol–water partition coefficient (Wildman–Crippen LogP) is 0.0108. The molecule has 0 radical (unpaired) electrons. The van der Waals surface area contributed by atoms with Crippen molar-refractivity contribution in [1.29, 1.82) is 0 Å². The Morgan fingerprint density at radius 3 is 2.67 bits per heavy atom. The molecular formula is C8H7N3O4. The first-order valence-corrected chi connectivity index (χ1v) is 3.84. The summed E-state index contributed by atoms with van der Waals surface area (Å²) in [6, 6.07) is 3.32. The van der Waals surface area contributed by atoms with E-state index in [1.54, 1.807) is 5.43 Å². The summed E-state index contributed by atoms with van der Waals surface area (Å²) in [6.45, 7) is 0. The third kappa shape index (κ3) is 2.15. The molecule has 1 aromatic carbocycles. The monoisotopic (exact) mass is 209 g/mol. The standard InChI is InChI=1S/C8H7N3O4/c9-10-8(13)7-3-6(11(14)15)2-1-5(7)4-12/h1-4H,9H2,(H,10,13). The van der Waals surface area contributed by atoms with Gasteiger partial charge in [-0.25, -0.2) is 5.84 Å². The van der Waals surface area contributed by atoms with Gasteiger partial charge < -0.3 is 0 Å². The van der Waals surface area contributed by atoms with Crippen molar-refractivity contribution in [3.63, 3.8) is 0 Å². The number of aldehydes is 1. The Balaban J connectivity index is 3.31. The number of amides is 1. The van der Waals surface area contributed by atoms with E-state index in [9.17, 15) is 19.7 Å². The number of nitrogens with zero attached hydrogens (tertiary/aromatic N) is 1. The van der Waals surface area contributed by atoms with Gasteiger partial charge in [0.15, 0.2) is 6.29 Å². The van der Waals surface area contributed by atoms with Crippen molar-refractivity contribution < 1.29 is 14.5 Å². The quantitative estimate of drug-likeness (QED) is 0.239. The van der Waals surface area contributed by atoms with Crippen molar-refractivity contribution in [2.45, 2.75) is 0 Å². The van der Waals surface area contributed by atoms with Crippen molar-refractivity contribution in [2.75, 3.05) is 0 Å². The Morgan fingerprint density at radius 1 is 1.53 bits per heavy atom. The third-order valence-corrected chi connectivity index (χ3v) is 1.75. The van der Waals surface area contributed by atoms with Crippen LogP contribution in [0, 0.1) is 10.1 Å². The summed E-state index contributed by atoms with van der Waals surface area (Å²) in [5, 5.41) is 10.4. The van der Waals surface area contributed by atoms with E-state index in [1.165, 1.54) is 6.07 Å². The molecule has 1 aromatic rings. The molecule has 0 fully saturated rings. The maximum absolute atomic E-state index is 11.2. The Bertz CT molecular complexity index is 430. The molecule has 0 atom stereocenters. The summed E-state index contributed by atoms with van der Waals surface area (Å²) in [5.41, 5.74) is 1.44. The van der Waals surface area contributed by atoms with Crippen molar-refractivity contribution in [3.8, 4) is 0 Å². The fourth-order valence-corrected chi connectivity index (χ4v) is 1.03. The van der Waals surface area contributed by atoms with Crippen molar-refractivity contribution in [3.05, 3.63) is 39.4 Å². The molecule has 1 rings (SSSR count). The van der Waals surface area contributed by atoms with Crippen molar-refractivity contribution >= 4 is 17.9 Å². The number of nitrogens with two attached hydrogens (primary N) is 1. The smallest absolute Gasteiger partial charge is 0.270 e. The van der Waals surface area contributed by atoms with Gasteiger partial charge in [0.2, 0.25) is 0 Å². The lowest BCUT2D eigenvalue weighted by molar-refractivity contribution is -0.384. The maximum atomic E-state index is 11.2. The van der Waals surface area contributed by atoms with Gasteiger partial charge in [-0.1, -0.05) is 0 Å². The lowest BCUT2D eigenvalue weighted by atomic mass is 10.1. The fraction of sp³-hybridized carbons (Fsp3) is 0. The molecule has 0 saturated heterocycles. The Kier molecular flexibility index (Phi) is 3.09. The lowest BCUT2D eigenvalue weighted by Crippen LogP contribution is -2.30. The van der Waals surface area contributed by atoms with E-state index < -0.39 is 10.8 Å². The molecule has 78 valence electrons. The summed E-state index contributed by atoms with van der Waals surface area (Å²) in [7, 11) is 0. The fourth-order valence-electron chi connectivity index (χ4n) is 1.03. The largest absolute Gasteiger partial charge is 0.298 e. The number of nitro benzene ring substituents is 1. The van der Waals surface area contributed by atoms with Crippen LogP contribution in [0.25, 0.3) is 0 Å². The van der Waals surface area contributed by atoms with Crippen LogP contribution in [-0.2, 0) is 0 Å². The van der Waals surface area contributed by atoms with Crippen molar-refractivity contribution in [1.82, 2.24) is 5.43 Å². The van der Waals surface area contributed by atoms with Crippen molar-refractivity contribution in [2.24, 2.45) is 5.84 Å². The highest BCUT2D eigenvalue weighted by molar-refractivity contribution is 6.01.